The number of amides is 2. The van der Waals surface area contributed by atoms with Gasteiger partial charge in [0.1, 0.15) is 4.90 Å². The van der Waals surface area contributed by atoms with Gasteiger partial charge in [0.15, 0.2) is 0 Å². The number of urea groups is 1. The van der Waals surface area contributed by atoms with Gasteiger partial charge in [0.2, 0.25) is 0 Å². The van der Waals surface area contributed by atoms with Gasteiger partial charge in [0.25, 0.3) is 20.0 Å². The highest BCUT2D eigenvalue weighted by molar-refractivity contribution is 7.93. The van der Waals surface area contributed by atoms with Crippen LogP contribution in [0.2, 0.25) is 0 Å². The molecule has 35 heavy (non-hydrogen) atoms. The molecule has 0 aromatic heterocycles. The number of sulfonamides is 2. The molecular weight excluding hydrogens is 494 g/mol. The average Bonchev–Trinajstić information content (AvgIpc) is 2.79. The topological polar surface area (TPSA) is 148 Å². The van der Waals surface area contributed by atoms with Gasteiger partial charge in [-0.15, -0.1) is 0 Å². The molecule has 0 unspecified atom stereocenters. The van der Waals surface area contributed by atoms with Gasteiger partial charge in [-0.1, -0.05) is 42.0 Å². The minimum absolute atomic E-state index is 0.00491. The molecule has 12 heteroatoms. The zero-order valence-corrected chi connectivity index (χ0v) is 20.4. The number of esters is 1. The first-order valence-corrected chi connectivity index (χ1v) is 13.3. The number of aryl methyl sites for hydroxylation is 1. The molecule has 3 aromatic rings. The number of para-hydroxylation sites is 2. The van der Waals surface area contributed by atoms with Crippen LogP contribution in [0.15, 0.2) is 82.6 Å². The van der Waals surface area contributed by atoms with E-state index >= 15 is 0 Å². The van der Waals surface area contributed by atoms with E-state index in [0.29, 0.717) is 0 Å². The van der Waals surface area contributed by atoms with Crippen molar-refractivity contribution >= 4 is 43.4 Å². The maximum Gasteiger partial charge on any atom is 0.340 e. The van der Waals surface area contributed by atoms with E-state index in [-0.39, 0.29) is 33.3 Å². The van der Waals surface area contributed by atoms with Gasteiger partial charge in [0, 0.05) is 0 Å². The Hall–Kier alpha value is -3.90. The third-order valence-electron chi connectivity index (χ3n) is 4.65. The van der Waals surface area contributed by atoms with E-state index in [1.54, 1.807) is 32.0 Å². The molecule has 0 fully saturated rings. The van der Waals surface area contributed by atoms with Gasteiger partial charge in [-0.05, 0) is 50.2 Å². The lowest BCUT2D eigenvalue weighted by Gasteiger charge is -2.15. The van der Waals surface area contributed by atoms with Crippen molar-refractivity contribution in [3.63, 3.8) is 0 Å². The van der Waals surface area contributed by atoms with Crippen molar-refractivity contribution in [1.82, 2.24) is 4.72 Å². The smallest absolute Gasteiger partial charge is 0.340 e. The molecule has 3 rings (SSSR count). The predicted molar refractivity (Wildman–Crippen MR) is 130 cm³/mol. The van der Waals surface area contributed by atoms with Crippen LogP contribution in [0.5, 0.6) is 0 Å². The van der Waals surface area contributed by atoms with E-state index in [1.165, 1.54) is 54.6 Å². The first-order chi connectivity index (χ1) is 16.5. The molecule has 0 saturated heterocycles. The van der Waals surface area contributed by atoms with Crippen LogP contribution >= 0.6 is 0 Å². The van der Waals surface area contributed by atoms with Crippen LogP contribution in [-0.2, 0) is 24.8 Å². The van der Waals surface area contributed by atoms with E-state index in [9.17, 15) is 26.4 Å². The van der Waals surface area contributed by atoms with Crippen LogP contribution in [0.4, 0.5) is 16.2 Å². The van der Waals surface area contributed by atoms with Crippen molar-refractivity contribution < 1.29 is 31.2 Å². The molecule has 0 heterocycles. The second-order valence-electron chi connectivity index (χ2n) is 7.24. The molecule has 0 spiro atoms. The van der Waals surface area contributed by atoms with Crippen molar-refractivity contribution in [3.05, 3.63) is 83.9 Å². The maximum absolute atomic E-state index is 13.1. The average molecular weight is 518 g/mol. The third kappa shape index (κ3) is 6.37. The Morgan fingerprint density at radius 1 is 0.800 bits per heavy atom. The summed E-state index contributed by atoms with van der Waals surface area (Å²) >= 11 is 0. The lowest BCUT2D eigenvalue weighted by molar-refractivity contribution is 0.0527. The van der Waals surface area contributed by atoms with E-state index in [4.69, 9.17) is 4.74 Å². The van der Waals surface area contributed by atoms with Crippen LogP contribution in [0.25, 0.3) is 0 Å². The van der Waals surface area contributed by atoms with E-state index < -0.39 is 32.0 Å². The van der Waals surface area contributed by atoms with Crippen LogP contribution in [0.3, 0.4) is 0 Å². The molecule has 0 aliphatic carbocycles. The molecule has 10 nitrogen and oxygen atoms in total. The number of ether oxygens (including phenoxy) is 1. The number of carbonyl (C=O) groups is 2. The number of benzene rings is 3. The zero-order valence-electron chi connectivity index (χ0n) is 18.8. The summed E-state index contributed by atoms with van der Waals surface area (Å²) in [5.41, 5.74) is 0.646. The number of rotatable bonds is 8. The fourth-order valence-corrected chi connectivity index (χ4v) is 5.16. The Bertz CT molecular complexity index is 1450. The van der Waals surface area contributed by atoms with Crippen molar-refractivity contribution in [3.8, 4) is 0 Å². The Kier molecular flexibility index (Phi) is 7.77. The predicted octanol–water partition coefficient (Wildman–Crippen LogP) is 3.48. The van der Waals surface area contributed by atoms with Crippen molar-refractivity contribution in [2.24, 2.45) is 0 Å². The monoisotopic (exact) mass is 517 g/mol. The quantitative estimate of drug-likeness (QED) is 0.388. The Labute approximate surface area is 203 Å². The van der Waals surface area contributed by atoms with Crippen LogP contribution in [0, 0.1) is 6.92 Å². The maximum atomic E-state index is 13.1. The highest BCUT2D eigenvalue weighted by atomic mass is 32.2. The van der Waals surface area contributed by atoms with E-state index in [2.05, 4.69) is 10.0 Å². The molecule has 3 N–H and O–H groups in total. The summed E-state index contributed by atoms with van der Waals surface area (Å²) in [5.74, 6) is -0.710. The minimum atomic E-state index is -4.31. The van der Waals surface area contributed by atoms with Gasteiger partial charge in [-0.25, -0.2) is 31.1 Å². The first kappa shape index (κ1) is 25.7. The lowest BCUT2D eigenvalue weighted by Crippen LogP contribution is -2.34. The summed E-state index contributed by atoms with van der Waals surface area (Å²) in [5, 5.41) is 2.26. The van der Waals surface area contributed by atoms with Crippen molar-refractivity contribution in [2.75, 3.05) is 16.6 Å². The molecule has 184 valence electrons. The number of anilines is 2. The Morgan fingerprint density at radius 3 is 2.06 bits per heavy atom. The summed E-state index contributed by atoms with van der Waals surface area (Å²) < 4.78 is 60.3. The molecular formula is C23H23N3O7S2. The van der Waals surface area contributed by atoms with Crippen LogP contribution in [-0.4, -0.2) is 35.4 Å². The SMILES string of the molecule is CCOC(=O)c1ccccc1NS(=O)(=O)c1ccccc1NC(=O)NS(=O)(=O)c1ccc(C)cc1. The lowest BCUT2D eigenvalue weighted by atomic mass is 10.2. The summed E-state index contributed by atoms with van der Waals surface area (Å²) in [6, 6.07) is 16.0. The molecule has 0 atom stereocenters. The van der Waals surface area contributed by atoms with E-state index in [1.807, 2.05) is 4.72 Å². The van der Waals surface area contributed by atoms with Gasteiger partial charge in [0.05, 0.1) is 28.4 Å². The molecule has 0 aliphatic rings. The molecule has 0 saturated carbocycles. The molecule has 3 aromatic carbocycles. The summed E-state index contributed by atoms with van der Waals surface area (Å²) in [6.45, 7) is 3.51. The first-order valence-electron chi connectivity index (χ1n) is 10.3. The van der Waals surface area contributed by atoms with Gasteiger partial charge < -0.3 is 10.1 Å². The second-order valence-corrected chi connectivity index (χ2v) is 10.6. The summed E-state index contributed by atoms with van der Waals surface area (Å²) in [6.07, 6.45) is 0. The van der Waals surface area contributed by atoms with Crippen LogP contribution < -0.4 is 14.8 Å². The van der Waals surface area contributed by atoms with Gasteiger partial charge >= 0.3 is 12.0 Å². The normalized spacial score (nSPS) is 11.4. The minimum Gasteiger partial charge on any atom is -0.462 e. The molecule has 2 amide bonds. The highest BCUT2D eigenvalue weighted by Gasteiger charge is 2.24. The van der Waals surface area contributed by atoms with Crippen molar-refractivity contribution in [1.29, 1.82) is 0 Å². The standard InChI is InChI=1S/C23H23N3O7S2/c1-3-33-22(27)18-8-4-5-9-19(18)25-35(31,32)21-11-7-6-10-20(21)24-23(28)26-34(29,30)17-14-12-16(2)13-15-17/h4-15,25H,3H2,1-2H3,(H2,24,26,28). The number of hydrogen-bond donors (Lipinski definition) is 3. The Morgan fingerprint density at radius 2 is 1.40 bits per heavy atom. The zero-order chi connectivity index (χ0) is 25.6. The van der Waals surface area contributed by atoms with E-state index in [0.717, 1.165) is 5.56 Å². The summed E-state index contributed by atoms with van der Waals surface area (Å²) in [7, 11) is -8.50. The number of carbonyl (C=O) groups excluding carboxylic acids is 2. The second kappa shape index (κ2) is 10.6. The summed E-state index contributed by atoms with van der Waals surface area (Å²) in [4.78, 5) is 24.2. The largest absolute Gasteiger partial charge is 0.462 e. The van der Waals surface area contributed by atoms with Gasteiger partial charge in [-0.2, -0.15) is 0 Å². The van der Waals surface area contributed by atoms with Crippen molar-refractivity contribution in [2.45, 2.75) is 23.6 Å². The third-order valence-corrected chi connectivity index (χ3v) is 7.42. The molecule has 0 radical (unpaired) electrons. The number of hydrogen-bond acceptors (Lipinski definition) is 7. The fraction of sp³-hybridized carbons (Fsp3) is 0.130. The van der Waals surface area contributed by atoms with Crippen LogP contribution in [0.1, 0.15) is 22.8 Å². The molecule has 0 aliphatic heterocycles. The highest BCUT2D eigenvalue weighted by Crippen LogP contribution is 2.26. The van der Waals surface area contributed by atoms with Gasteiger partial charge in [-0.3, -0.25) is 4.72 Å². The fourth-order valence-electron chi connectivity index (χ4n) is 3.01. The Balaban J connectivity index is 1.84. The number of nitrogens with one attached hydrogen (secondary N) is 3. The molecule has 0 bridgehead atoms.